The number of rotatable bonds is 9. The third kappa shape index (κ3) is 6.82. The van der Waals surface area contributed by atoms with Gasteiger partial charge in [0.25, 0.3) is 0 Å². The Bertz CT molecular complexity index is 1020. The molecule has 1 saturated heterocycles. The number of carbonyl (C=O) groups is 2. The molecule has 1 aliphatic rings. The van der Waals surface area contributed by atoms with Gasteiger partial charge in [-0.3, -0.25) is 14.5 Å². The van der Waals surface area contributed by atoms with Gasteiger partial charge in [-0.1, -0.05) is 31.5 Å². The van der Waals surface area contributed by atoms with Crippen molar-refractivity contribution in [2.75, 3.05) is 26.7 Å². The summed E-state index contributed by atoms with van der Waals surface area (Å²) in [6, 6.07) is 8.09. The number of nitrogens with zero attached hydrogens (tertiary/aromatic N) is 2. The van der Waals surface area contributed by atoms with Crippen molar-refractivity contribution in [3.8, 4) is 0 Å². The lowest BCUT2D eigenvalue weighted by molar-refractivity contribution is -0.139. The molecule has 0 spiro atoms. The maximum absolute atomic E-state index is 13.7. The van der Waals surface area contributed by atoms with E-state index in [1.165, 1.54) is 18.2 Å². The van der Waals surface area contributed by atoms with Crippen molar-refractivity contribution >= 4 is 11.8 Å². The van der Waals surface area contributed by atoms with Crippen LogP contribution in [0.4, 0.5) is 13.2 Å². The third-order valence-electron chi connectivity index (χ3n) is 6.51. The summed E-state index contributed by atoms with van der Waals surface area (Å²) >= 11 is 0. The van der Waals surface area contributed by atoms with Crippen LogP contribution in [0, 0.1) is 17.5 Å². The molecular formula is C26H33F3N4O2. The third-order valence-corrected chi connectivity index (χ3v) is 6.51. The minimum atomic E-state index is -0.951. The number of nitrogens with one attached hydrogen (secondary N) is 1. The van der Waals surface area contributed by atoms with Crippen LogP contribution in [0.3, 0.4) is 0 Å². The number of likely N-dealkylation sites (N-methyl/N-ethyl adjacent to an activating group) is 1. The average Bonchev–Trinajstić information content (AvgIpc) is 2.85. The van der Waals surface area contributed by atoms with E-state index in [0.29, 0.717) is 31.6 Å². The Morgan fingerprint density at radius 1 is 1.03 bits per heavy atom. The van der Waals surface area contributed by atoms with E-state index in [-0.39, 0.29) is 30.1 Å². The molecule has 2 aromatic carbocycles. The molecule has 2 amide bonds. The lowest BCUT2D eigenvalue weighted by Gasteiger charge is -2.44. The van der Waals surface area contributed by atoms with E-state index in [4.69, 9.17) is 5.73 Å². The highest BCUT2D eigenvalue weighted by molar-refractivity contribution is 5.83. The van der Waals surface area contributed by atoms with Crippen LogP contribution in [0.15, 0.2) is 42.5 Å². The molecule has 35 heavy (non-hydrogen) atoms. The summed E-state index contributed by atoms with van der Waals surface area (Å²) < 4.78 is 40.3. The number of carbonyl (C=O) groups excluding carboxylic acids is 2. The van der Waals surface area contributed by atoms with Crippen LogP contribution < -0.4 is 11.1 Å². The lowest BCUT2D eigenvalue weighted by atomic mass is 9.98. The zero-order valence-electron chi connectivity index (χ0n) is 20.1. The van der Waals surface area contributed by atoms with Gasteiger partial charge in [-0.2, -0.15) is 0 Å². The molecule has 1 fully saturated rings. The zero-order valence-corrected chi connectivity index (χ0v) is 20.1. The topological polar surface area (TPSA) is 78.7 Å². The van der Waals surface area contributed by atoms with E-state index in [9.17, 15) is 22.8 Å². The Hall–Kier alpha value is -2.91. The van der Waals surface area contributed by atoms with Crippen LogP contribution in [0.5, 0.6) is 0 Å². The summed E-state index contributed by atoms with van der Waals surface area (Å²) in [5, 5.41) is 2.66. The van der Waals surface area contributed by atoms with Crippen LogP contribution in [0.25, 0.3) is 0 Å². The standard InChI is InChI=1S/C26H33F3N4O2/c1-3-4-20-16-32(24(25(34)31-2)15-18-7-10-21(28)22(29)13-18)11-12-33(20)26(35)23(30)14-17-5-8-19(27)9-6-17/h5-10,13,20,23-24H,3-4,11-12,14-16,30H2,1-2H3,(H,31,34). The summed E-state index contributed by atoms with van der Waals surface area (Å²) in [5.41, 5.74) is 7.54. The molecule has 190 valence electrons. The van der Waals surface area contributed by atoms with Gasteiger partial charge in [0.15, 0.2) is 11.6 Å². The van der Waals surface area contributed by atoms with Crippen molar-refractivity contribution < 1.29 is 22.8 Å². The molecule has 3 atom stereocenters. The monoisotopic (exact) mass is 490 g/mol. The highest BCUT2D eigenvalue weighted by Crippen LogP contribution is 2.21. The first kappa shape index (κ1) is 26.7. The van der Waals surface area contributed by atoms with Crippen molar-refractivity contribution in [2.45, 2.75) is 50.7 Å². The van der Waals surface area contributed by atoms with Gasteiger partial charge in [-0.25, -0.2) is 13.2 Å². The molecule has 0 aromatic heterocycles. The van der Waals surface area contributed by atoms with Crippen LogP contribution in [0.2, 0.25) is 0 Å². The van der Waals surface area contributed by atoms with E-state index in [1.807, 2.05) is 11.8 Å². The van der Waals surface area contributed by atoms with Gasteiger partial charge < -0.3 is 16.0 Å². The fourth-order valence-corrected chi connectivity index (χ4v) is 4.65. The molecule has 3 N–H and O–H groups in total. The van der Waals surface area contributed by atoms with Gasteiger partial charge in [-0.15, -0.1) is 0 Å². The zero-order chi connectivity index (χ0) is 25.5. The normalized spacial score (nSPS) is 18.2. The van der Waals surface area contributed by atoms with Crippen LogP contribution >= 0.6 is 0 Å². The fraction of sp³-hybridized carbons (Fsp3) is 0.462. The van der Waals surface area contributed by atoms with E-state index in [0.717, 1.165) is 30.5 Å². The second-order valence-corrected chi connectivity index (χ2v) is 8.99. The number of hydrogen-bond donors (Lipinski definition) is 2. The Labute approximate surface area is 204 Å². The predicted octanol–water partition coefficient (Wildman–Crippen LogP) is 2.64. The molecule has 0 bridgehead atoms. The lowest BCUT2D eigenvalue weighted by Crippen LogP contribution is -2.62. The van der Waals surface area contributed by atoms with E-state index < -0.39 is 23.7 Å². The molecule has 3 unspecified atom stereocenters. The van der Waals surface area contributed by atoms with Crippen molar-refractivity contribution in [2.24, 2.45) is 5.73 Å². The molecular weight excluding hydrogens is 457 g/mol. The average molecular weight is 491 g/mol. The van der Waals surface area contributed by atoms with E-state index >= 15 is 0 Å². The number of hydrogen-bond acceptors (Lipinski definition) is 4. The Balaban J connectivity index is 1.72. The summed E-state index contributed by atoms with van der Waals surface area (Å²) in [6.45, 7) is 3.32. The van der Waals surface area contributed by atoms with Crippen LogP contribution in [0.1, 0.15) is 30.9 Å². The Morgan fingerprint density at radius 2 is 1.71 bits per heavy atom. The molecule has 0 radical (unpaired) electrons. The maximum Gasteiger partial charge on any atom is 0.240 e. The minimum Gasteiger partial charge on any atom is -0.358 e. The van der Waals surface area contributed by atoms with E-state index in [1.54, 1.807) is 24.1 Å². The second-order valence-electron chi connectivity index (χ2n) is 8.99. The quantitative estimate of drug-likeness (QED) is 0.567. The molecule has 1 aliphatic heterocycles. The number of piperazine rings is 1. The predicted molar refractivity (Wildman–Crippen MR) is 128 cm³/mol. The Kier molecular flexibility index (Phi) is 9.28. The van der Waals surface area contributed by atoms with Gasteiger partial charge >= 0.3 is 0 Å². The number of amides is 2. The number of benzene rings is 2. The number of halogens is 3. The van der Waals surface area contributed by atoms with Crippen molar-refractivity contribution in [1.29, 1.82) is 0 Å². The van der Waals surface area contributed by atoms with Gasteiger partial charge in [0, 0.05) is 32.7 Å². The highest BCUT2D eigenvalue weighted by Gasteiger charge is 2.36. The second kappa shape index (κ2) is 12.2. The van der Waals surface area contributed by atoms with Gasteiger partial charge in [-0.05, 0) is 54.7 Å². The molecule has 2 aromatic rings. The summed E-state index contributed by atoms with van der Waals surface area (Å²) in [5.74, 6) is -2.63. The van der Waals surface area contributed by atoms with Crippen LogP contribution in [-0.4, -0.2) is 66.4 Å². The maximum atomic E-state index is 13.7. The molecule has 9 heteroatoms. The van der Waals surface area contributed by atoms with Gasteiger partial charge in [0.05, 0.1) is 12.1 Å². The minimum absolute atomic E-state index is 0.141. The summed E-state index contributed by atoms with van der Waals surface area (Å²) in [7, 11) is 1.54. The molecule has 0 aliphatic carbocycles. The smallest absolute Gasteiger partial charge is 0.240 e. The van der Waals surface area contributed by atoms with Gasteiger partial charge in [0.2, 0.25) is 11.8 Å². The first-order valence-electron chi connectivity index (χ1n) is 11.9. The molecule has 6 nitrogen and oxygen atoms in total. The molecule has 0 saturated carbocycles. The van der Waals surface area contributed by atoms with E-state index in [2.05, 4.69) is 5.32 Å². The van der Waals surface area contributed by atoms with Crippen LogP contribution in [-0.2, 0) is 22.4 Å². The SMILES string of the molecule is CCCC1CN(C(Cc2ccc(F)c(F)c2)C(=O)NC)CCN1C(=O)C(N)Cc1ccc(F)cc1. The highest BCUT2D eigenvalue weighted by atomic mass is 19.2. The summed E-state index contributed by atoms with van der Waals surface area (Å²) in [6.07, 6.45) is 2.09. The van der Waals surface area contributed by atoms with Gasteiger partial charge in [0.1, 0.15) is 5.82 Å². The fourth-order valence-electron chi connectivity index (χ4n) is 4.65. The molecule has 3 rings (SSSR count). The first-order valence-corrected chi connectivity index (χ1v) is 11.9. The van der Waals surface area contributed by atoms with Crippen molar-refractivity contribution in [1.82, 2.24) is 15.1 Å². The number of nitrogens with two attached hydrogens (primary N) is 1. The molecule has 1 heterocycles. The Morgan fingerprint density at radius 3 is 2.34 bits per heavy atom. The van der Waals surface area contributed by atoms with Crippen molar-refractivity contribution in [3.63, 3.8) is 0 Å². The summed E-state index contributed by atoms with van der Waals surface area (Å²) in [4.78, 5) is 29.7. The van der Waals surface area contributed by atoms with Crippen molar-refractivity contribution in [3.05, 3.63) is 71.0 Å². The first-order chi connectivity index (χ1) is 16.7. The largest absolute Gasteiger partial charge is 0.358 e.